The predicted octanol–water partition coefficient (Wildman–Crippen LogP) is 11.0. The SMILES string of the molecule is Brc1ccc(-c2ncn[nH]2)cc1.Cc1ccc(-c2ncn[nH]2)cc1.Cc1ccc(-c2ncn[nH]2)cc1.Clc1ccc(-c2ncn[nH]2)cc1.Fc1ccc(-c2ncn[nH]2)cc1.c1ccc(-c2ncn[nH]2)cc1. The van der Waals surface area contributed by atoms with Crippen LogP contribution in [0.5, 0.6) is 0 Å². The molecular formula is C50H43BrClFN18. The highest BCUT2D eigenvalue weighted by atomic mass is 79.9. The molecule has 0 saturated heterocycles. The Balaban J connectivity index is 0.000000125. The molecule has 12 rings (SSSR count). The van der Waals surface area contributed by atoms with E-state index in [2.05, 4.69) is 145 Å². The number of nitrogens with zero attached hydrogens (tertiary/aromatic N) is 12. The molecule has 0 amide bonds. The highest BCUT2D eigenvalue weighted by Gasteiger charge is 2.02. The van der Waals surface area contributed by atoms with Crippen LogP contribution in [0.25, 0.3) is 68.3 Å². The minimum atomic E-state index is -0.252. The lowest BCUT2D eigenvalue weighted by Crippen LogP contribution is -1.80. The van der Waals surface area contributed by atoms with Gasteiger partial charge in [0, 0.05) is 42.9 Å². The zero-order valence-corrected chi connectivity index (χ0v) is 40.2. The summed E-state index contributed by atoms with van der Waals surface area (Å²) < 4.78 is 13.5. The second kappa shape index (κ2) is 26.4. The van der Waals surface area contributed by atoms with Gasteiger partial charge in [0.05, 0.1) is 0 Å². The van der Waals surface area contributed by atoms with E-state index in [1.54, 1.807) is 12.1 Å². The Kier molecular flexibility index (Phi) is 18.5. The minimum Gasteiger partial charge on any atom is -0.259 e. The molecule has 0 atom stereocenters. The Morgan fingerprint density at radius 3 is 0.873 bits per heavy atom. The summed E-state index contributed by atoms with van der Waals surface area (Å²) in [4.78, 5) is 24.1. The maximum atomic E-state index is 12.5. The van der Waals surface area contributed by atoms with Gasteiger partial charge in [-0.1, -0.05) is 130 Å². The van der Waals surface area contributed by atoms with Crippen molar-refractivity contribution in [3.05, 3.63) is 216 Å². The molecule has 6 aromatic carbocycles. The second-order valence-corrected chi connectivity index (χ2v) is 16.0. The lowest BCUT2D eigenvalue weighted by atomic mass is 10.1. The molecule has 6 heterocycles. The third-order valence-electron chi connectivity index (χ3n) is 9.54. The molecule has 0 aliphatic rings. The Hall–Kier alpha value is -9.14. The monoisotopic (exact) mass is 1030 g/mol. The molecule has 71 heavy (non-hydrogen) atoms. The van der Waals surface area contributed by atoms with Crippen LogP contribution in [0.15, 0.2) is 194 Å². The quantitative estimate of drug-likeness (QED) is 0.0910. The first-order chi connectivity index (χ1) is 34.8. The molecule has 0 saturated carbocycles. The van der Waals surface area contributed by atoms with Crippen molar-refractivity contribution >= 4 is 27.5 Å². The third-order valence-corrected chi connectivity index (χ3v) is 10.3. The fourth-order valence-electron chi connectivity index (χ4n) is 5.91. The van der Waals surface area contributed by atoms with Gasteiger partial charge in [-0.15, -0.1) is 0 Å². The van der Waals surface area contributed by atoms with Gasteiger partial charge < -0.3 is 0 Å². The molecule has 0 aliphatic carbocycles. The minimum absolute atomic E-state index is 0.252. The summed E-state index contributed by atoms with van der Waals surface area (Å²) in [5.41, 5.74) is 8.54. The van der Waals surface area contributed by atoms with Crippen LogP contribution >= 0.6 is 27.5 Å². The number of benzene rings is 6. The lowest BCUT2D eigenvalue weighted by molar-refractivity contribution is 0.628. The zero-order chi connectivity index (χ0) is 49.5. The van der Waals surface area contributed by atoms with Gasteiger partial charge in [0.2, 0.25) is 0 Å². The Morgan fingerprint density at radius 2 is 0.592 bits per heavy atom. The Bertz CT molecular complexity index is 2790. The van der Waals surface area contributed by atoms with E-state index >= 15 is 0 Å². The van der Waals surface area contributed by atoms with Crippen LogP contribution in [0.3, 0.4) is 0 Å². The molecule has 0 bridgehead atoms. The van der Waals surface area contributed by atoms with E-state index in [0.717, 1.165) is 72.0 Å². The molecule has 12 aromatic rings. The fourth-order valence-corrected chi connectivity index (χ4v) is 6.30. The highest BCUT2D eigenvalue weighted by Crippen LogP contribution is 2.19. The number of nitrogens with one attached hydrogen (secondary N) is 6. The molecule has 0 aliphatic heterocycles. The standard InChI is InChI=1S/2C9H9N3.C8H6BrN3.C8H6ClN3.C8H6FN3.C8H7N3/c2*1-7-2-4-8(5-3-7)9-10-6-11-12-9;3*9-7-3-1-6(2-4-7)8-10-5-11-12-8;1-2-4-7(5-3-1)8-9-6-10-11-8/h2*2-6H,1H3,(H,10,11,12);3*1-5H,(H,10,11,12);1-6H,(H,9,10,11). The van der Waals surface area contributed by atoms with E-state index in [9.17, 15) is 4.39 Å². The maximum Gasteiger partial charge on any atom is 0.155 e. The first-order valence-electron chi connectivity index (χ1n) is 21.4. The highest BCUT2D eigenvalue weighted by molar-refractivity contribution is 9.10. The molecule has 0 fully saturated rings. The molecule has 6 N–H and O–H groups in total. The van der Waals surface area contributed by atoms with E-state index < -0.39 is 0 Å². The van der Waals surface area contributed by atoms with Gasteiger partial charge in [-0.2, -0.15) is 30.6 Å². The van der Waals surface area contributed by atoms with Crippen molar-refractivity contribution in [2.75, 3.05) is 0 Å². The number of rotatable bonds is 6. The largest absolute Gasteiger partial charge is 0.259 e. The molecular weight excluding hydrogens is 987 g/mol. The van der Waals surface area contributed by atoms with Gasteiger partial charge in [-0.25, -0.2) is 34.3 Å². The Labute approximate surface area is 419 Å². The van der Waals surface area contributed by atoms with Crippen molar-refractivity contribution < 1.29 is 4.39 Å². The van der Waals surface area contributed by atoms with Crippen molar-refractivity contribution in [3.8, 4) is 68.3 Å². The van der Waals surface area contributed by atoms with Gasteiger partial charge in [-0.05, 0) is 74.5 Å². The van der Waals surface area contributed by atoms with Crippen molar-refractivity contribution in [1.82, 2.24) is 91.1 Å². The summed E-state index contributed by atoms with van der Waals surface area (Å²) >= 11 is 9.09. The summed E-state index contributed by atoms with van der Waals surface area (Å²) in [7, 11) is 0. The number of H-pyrrole nitrogens is 6. The molecule has 18 nitrogen and oxygen atoms in total. The van der Waals surface area contributed by atoms with Crippen molar-refractivity contribution in [2.45, 2.75) is 13.8 Å². The molecule has 0 spiro atoms. The van der Waals surface area contributed by atoms with Crippen LogP contribution in [0.4, 0.5) is 4.39 Å². The number of aromatic amines is 6. The van der Waals surface area contributed by atoms with Gasteiger partial charge in [0.1, 0.15) is 43.8 Å². The normalized spacial score (nSPS) is 10.0. The van der Waals surface area contributed by atoms with Gasteiger partial charge in [0.25, 0.3) is 0 Å². The number of halogens is 3. The van der Waals surface area contributed by atoms with E-state index in [1.807, 2.05) is 103 Å². The van der Waals surface area contributed by atoms with E-state index in [-0.39, 0.29) is 5.82 Å². The second-order valence-electron chi connectivity index (χ2n) is 14.6. The molecule has 0 radical (unpaired) electrons. The van der Waals surface area contributed by atoms with Crippen LogP contribution in [-0.4, -0.2) is 91.1 Å². The van der Waals surface area contributed by atoms with Crippen molar-refractivity contribution in [3.63, 3.8) is 0 Å². The van der Waals surface area contributed by atoms with Crippen LogP contribution in [-0.2, 0) is 0 Å². The first kappa shape index (κ1) is 49.8. The Morgan fingerprint density at radius 1 is 0.338 bits per heavy atom. The molecule has 354 valence electrons. The molecule has 0 unspecified atom stereocenters. The van der Waals surface area contributed by atoms with Gasteiger partial charge >= 0.3 is 0 Å². The smallest absolute Gasteiger partial charge is 0.155 e. The summed E-state index contributed by atoms with van der Waals surface area (Å²) in [5, 5.41) is 39.9. The number of hydrogen-bond acceptors (Lipinski definition) is 12. The number of aromatic nitrogens is 18. The van der Waals surface area contributed by atoms with Crippen LogP contribution in [0.2, 0.25) is 5.02 Å². The summed E-state index contributed by atoms with van der Waals surface area (Å²) in [6, 6.07) is 47.6. The average molecular weight is 1030 g/mol. The van der Waals surface area contributed by atoms with Crippen LogP contribution < -0.4 is 0 Å². The van der Waals surface area contributed by atoms with Crippen LogP contribution in [0, 0.1) is 19.7 Å². The van der Waals surface area contributed by atoms with Crippen molar-refractivity contribution in [2.24, 2.45) is 0 Å². The van der Waals surface area contributed by atoms with Crippen LogP contribution in [0.1, 0.15) is 11.1 Å². The van der Waals surface area contributed by atoms with Crippen molar-refractivity contribution in [1.29, 1.82) is 0 Å². The topological polar surface area (TPSA) is 249 Å². The van der Waals surface area contributed by atoms with Gasteiger partial charge in [0.15, 0.2) is 34.9 Å². The maximum absolute atomic E-state index is 12.5. The van der Waals surface area contributed by atoms with E-state index in [1.165, 1.54) is 61.2 Å². The first-order valence-corrected chi connectivity index (χ1v) is 22.5. The average Bonchev–Trinajstić information content (AvgIpc) is 4.27. The zero-order valence-electron chi connectivity index (χ0n) is 37.9. The fraction of sp³-hybridized carbons (Fsp3) is 0.0400. The predicted molar refractivity (Wildman–Crippen MR) is 273 cm³/mol. The van der Waals surface area contributed by atoms with E-state index in [0.29, 0.717) is 5.82 Å². The number of aryl methyl sites for hydroxylation is 2. The molecule has 21 heteroatoms. The molecule has 6 aromatic heterocycles. The third kappa shape index (κ3) is 16.0. The summed E-state index contributed by atoms with van der Waals surface area (Å²) in [5.74, 6) is 4.39. The van der Waals surface area contributed by atoms with E-state index in [4.69, 9.17) is 11.6 Å². The number of hydrogen-bond donors (Lipinski definition) is 6. The lowest BCUT2D eigenvalue weighted by Gasteiger charge is -1.95. The van der Waals surface area contributed by atoms with Gasteiger partial charge in [-0.3, -0.25) is 30.6 Å². The summed E-state index contributed by atoms with van der Waals surface area (Å²) in [6.07, 6.45) is 8.91. The summed E-state index contributed by atoms with van der Waals surface area (Å²) in [6.45, 7) is 4.12.